The van der Waals surface area contributed by atoms with E-state index in [4.69, 9.17) is 8.83 Å². The number of nitrogens with zero attached hydrogens (tertiary/aromatic N) is 2. The summed E-state index contributed by atoms with van der Waals surface area (Å²) in [5, 5.41) is 10.5. The summed E-state index contributed by atoms with van der Waals surface area (Å²) in [6, 6.07) is 87.0. The van der Waals surface area contributed by atoms with Gasteiger partial charge in [-0.1, -0.05) is 158 Å². The third-order valence-electron chi connectivity index (χ3n) is 13.8. The zero-order valence-electron chi connectivity index (χ0n) is 36.8. The van der Waals surface area contributed by atoms with Gasteiger partial charge in [0.15, 0.2) is 0 Å². The second-order valence-corrected chi connectivity index (χ2v) is 17.7. The van der Waals surface area contributed by atoms with Gasteiger partial charge in [0, 0.05) is 44.0 Å². The Hall–Kier alpha value is -9.12. The van der Waals surface area contributed by atoms with Gasteiger partial charge in [0.25, 0.3) is 0 Å². The normalized spacial score (nSPS) is 11.8. The number of anilines is 3. The van der Waals surface area contributed by atoms with Crippen LogP contribution in [0.3, 0.4) is 0 Å². The summed E-state index contributed by atoms with van der Waals surface area (Å²) in [5.74, 6) is 0. The topological polar surface area (TPSA) is 34.5 Å². The van der Waals surface area contributed by atoms with Gasteiger partial charge in [-0.05, 0) is 134 Å². The molecule has 0 amide bonds. The number of aromatic nitrogens is 1. The lowest BCUT2D eigenvalue weighted by Crippen LogP contribution is -2.10. The summed E-state index contributed by atoms with van der Waals surface area (Å²) in [6.07, 6.45) is 0. The number of hydrogen-bond donors (Lipinski definition) is 0. The maximum atomic E-state index is 6.67. The highest BCUT2D eigenvalue weighted by Gasteiger charge is 2.21. The minimum absolute atomic E-state index is 0.857. The van der Waals surface area contributed by atoms with Crippen molar-refractivity contribution in [2.45, 2.75) is 0 Å². The molecule has 0 saturated heterocycles. The molecule has 14 aromatic rings. The van der Waals surface area contributed by atoms with Crippen molar-refractivity contribution >= 4 is 93.5 Å². The molecule has 3 aromatic heterocycles. The van der Waals surface area contributed by atoms with E-state index in [0.717, 1.165) is 99.9 Å². The molecule has 0 saturated carbocycles. The minimum atomic E-state index is 0.857. The van der Waals surface area contributed by atoms with E-state index < -0.39 is 0 Å². The number of hydrogen-bond acceptors (Lipinski definition) is 3. The second kappa shape index (κ2) is 15.2. The minimum Gasteiger partial charge on any atom is -0.456 e. The lowest BCUT2D eigenvalue weighted by Gasteiger charge is -2.28. The molecule has 0 aliphatic heterocycles. The Kier molecular flexibility index (Phi) is 8.55. The lowest BCUT2D eigenvalue weighted by molar-refractivity contribution is 0.645. The molecule has 0 radical (unpaired) electrons. The Bertz CT molecular complexity index is 4250. The van der Waals surface area contributed by atoms with Gasteiger partial charge >= 0.3 is 0 Å². The number of benzene rings is 11. The van der Waals surface area contributed by atoms with Crippen LogP contribution in [0.15, 0.2) is 251 Å². The second-order valence-electron chi connectivity index (χ2n) is 17.7. The van der Waals surface area contributed by atoms with Crippen molar-refractivity contribution in [3.05, 3.63) is 243 Å². The summed E-state index contributed by atoms with van der Waals surface area (Å²) in [7, 11) is 0. The van der Waals surface area contributed by atoms with Crippen molar-refractivity contribution < 1.29 is 8.83 Å². The molecule has 0 aliphatic rings. The van der Waals surface area contributed by atoms with Gasteiger partial charge in [0.2, 0.25) is 5.71 Å². The molecule has 0 fully saturated rings. The highest BCUT2D eigenvalue weighted by Crippen LogP contribution is 2.45. The van der Waals surface area contributed by atoms with Crippen LogP contribution >= 0.6 is 0 Å². The first-order chi connectivity index (χ1) is 33.7. The number of rotatable bonds is 7. The summed E-state index contributed by atoms with van der Waals surface area (Å²) < 4.78 is 15.3. The first kappa shape index (κ1) is 38.2. The Morgan fingerprint density at radius 3 is 1.71 bits per heavy atom. The van der Waals surface area contributed by atoms with Crippen molar-refractivity contribution in [1.29, 1.82) is 0 Å². The molecule has 0 spiro atoms. The lowest BCUT2D eigenvalue weighted by atomic mass is 9.95. The van der Waals surface area contributed by atoms with Crippen molar-refractivity contribution in [3.8, 4) is 39.1 Å². The van der Waals surface area contributed by atoms with Crippen LogP contribution in [0.4, 0.5) is 17.1 Å². The number of para-hydroxylation sites is 3. The molecule has 0 unspecified atom stereocenters. The molecule has 3 heterocycles. The van der Waals surface area contributed by atoms with E-state index in [0.29, 0.717) is 0 Å². The van der Waals surface area contributed by atoms with E-state index >= 15 is 0 Å². The predicted molar refractivity (Wildman–Crippen MR) is 284 cm³/mol. The summed E-state index contributed by atoms with van der Waals surface area (Å²) in [6.45, 7) is 0. The molecule has 0 N–H and O–H groups in total. The summed E-state index contributed by atoms with van der Waals surface area (Å²) in [5.41, 5.74) is 15.9. The van der Waals surface area contributed by atoms with E-state index in [9.17, 15) is 0 Å². The Balaban J connectivity index is 0.891. The molecule has 4 nitrogen and oxygen atoms in total. The van der Waals surface area contributed by atoms with E-state index in [2.05, 4.69) is 234 Å². The molecule has 0 atom stereocenters. The van der Waals surface area contributed by atoms with Crippen molar-refractivity contribution in [1.82, 2.24) is 4.57 Å². The van der Waals surface area contributed by atoms with Gasteiger partial charge < -0.3 is 13.7 Å². The fourth-order valence-corrected chi connectivity index (χ4v) is 10.5. The fraction of sp³-hybridized carbons (Fsp3) is 0. The standard InChI is InChI=1S/C64H40N2O2/c1-2-14-48(15-3-1)66-58-20-10-8-19-56(58)63-57-39-46(29-37-61(57)68-64(63)66)43-26-32-50(33-27-43)65(49-30-24-42(25-31-49)45-23-22-41-12-4-5-13-44(41)38-45)59-36-35-51(52-16-6-7-17-53(52)59)47-28-34-55-54-18-9-11-21-60(54)67-62(55)40-47/h1-40H. The zero-order chi connectivity index (χ0) is 44.7. The van der Waals surface area contributed by atoms with E-state index in [1.54, 1.807) is 0 Å². The Labute approximate surface area is 391 Å². The van der Waals surface area contributed by atoms with Gasteiger partial charge in [0.05, 0.1) is 16.6 Å². The molecule has 68 heavy (non-hydrogen) atoms. The monoisotopic (exact) mass is 868 g/mol. The molecular formula is C64H40N2O2. The highest BCUT2D eigenvalue weighted by molar-refractivity contribution is 6.20. The van der Waals surface area contributed by atoms with Gasteiger partial charge in [-0.2, -0.15) is 0 Å². The van der Waals surface area contributed by atoms with Gasteiger partial charge in [0.1, 0.15) is 16.7 Å². The van der Waals surface area contributed by atoms with Crippen LogP contribution in [0.5, 0.6) is 0 Å². The van der Waals surface area contributed by atoms with E-state index in [-0.39, 0.29) is 0 Å². The van der Waals surface area contributed by atoms with Gasteiger partial charge in [-0.15, -0.1) is 0 Å². The van der Waals surface area contributed by atoms with E-state index in [1.807, 2.05) is 18.2 Å². The number of furan rings is 2. The maximum absolute atomic E-state index is 6.67. The van der Waals surface area contributed by atoms with Crippen LogP contribution in [0.1, 0.15) is 0 Å². The first-order valence-electron chi connectivity index (χ1n) is 23.1. The smallest absolute Gasteiger partial charge is 0.213 e. The largest absolute Gasteiger partial charge is 0.456 e. The Morgan fingerprint density at radius 2 is 0.912 bits per heavy atom. The maximum Gasteiger partial charge on any atom is 0.213 e. The first-order valence-corrected chi connectivity index (χ1v) is 23.1. The SMILES string of the molecule is c1ccc(-n2c3ccccc3c3c4cc(-c5ccc(N(c6ccc(-c7ccc8ccccc8c7)cc6)c6ccc(-c7ccc8c(c7)oc7ccccc78)c7ccccc67)cc5)ccc4oc32)cc1. The molecule has 0 bridgehead atoms. The van der Waals surface area contributed by atoms with Crippen molar-refractivity contribution in [3.63, 3.8) is 0 Å². The van der Waals surface area contributed by atoms with E-state index in [1.165, 1.54) is 32.7 Å². The predicted octanol–water partition coefficient (Wildman–Crippen LogP) is 18.2. The fourth-order valence-electron chi connectivity index (χ4n) is 10.5. The Morgan fingerprint density at radius 1 is 0.324 bits per heavy atom. The van der Waals surface area contributed by atoms with Gasteiger partial charge in [-0.3, -0.25) is 4.57 Å². The third-order valence-corrected chi connectivity index (χ3v) is 13.8. The van der Waals surface area contributed by atoms with Crippen LogP contribution in [0.25, 0.3) is 116 Å². The summed E-state index contributed by atoms with van der Waals surface area (Å²) >= 11 is 0. The molecule has 4 heteroatoms. The molecule has 11 aromatic carbocycles. The molecular weight excluding hydrogens is 829 g/mol. The van der Waals surface area contributed by atoms with Crippen LogP contribution in [0, 0.1) is 0 Å². The average Bonchev–Trinajstić information content (AvgIpc) is 4.07. The quantitative estimate of drug-likeness (QED) is 0.160. The number of fused-ring (bicyclic) bond motifs is 10. The van der Waals surface area contributed by atoms with Crippen LogP contribution < -0.4 is 4.90 Å². The summed E-state index contributed by atoms with van der Waals surface area (Å²) in [4.78, 5) is 2.39. The molecule has 318 valence electrons. The van der Waals surface area contributed by atoms with Crippen molar-refractivity contribution in [2.24, 2.45) is 0 Å². The van der Waals surface area contributed by atoms with Crippen LogP contribution in [0.2, 0.25) is 0 Å². The highest BCUT2D eigenvalue weighted by atomic mass is 16.3. The van der Waals surface area contributed by atoms with Gasteiger partial charge in [-0.25, -0.2) is 0 Å². The third kappa shape index (κ3) is 6.08. The molecule has 14 rings (SSSR count). The molecule has 0 aliphatic carbocycles. The van der Waals surface area contributed by atoms with Crippen molar-refractivity contribution in [2.75, 3.05) is 4.90 Å². The van der Waals surface area contributed by atoms with Crippen LogP contribution in [-0.4, -0.2) is 4.57 Å². The zero-order valence-corrected chi connectivity index (χ0v) is 36.8. The average molecular weight is 869 g/mol. The van der Waals surface area contributed by atoms with Crippen LogP contribution in [-0.2, 0) is 0 Å².